The van der Waals surface area contributed by atoms with E-state index in [-0.39, 0.29) is 0 Å². The predicted molar refractivity (Wildman–Crippen MR) is 61.2 cm³/mol. The molecule has 0 bridgehead atoms. The van der Waals surface area contributed by atoms with Crippen LogP contribution < -0.4 is 0 Å². The first-order valence-corrected chi connectivity index (χ1v) is 5.32. The van der Waals surface area contributed by atoms with Crippen molar-refractivity contribution in [2.24, 2.45) is 0 Å². The molecular formula is C12H16N2O. The molecule has 15 heavy (non-hydrogen) atoms. The highest BCUT2D eigenvalue weighted by Crippen LogP contribution is 2.29. The van der Waals surface area contributed by atoms with Crippen molar-refractivity contribution >= 4 is 10.9 Å². The van der Waals surface area contributed by atoms with E-state index in [0.29, 0.717) is 11.7 Å². The van der Waals surface area contributed by atoms with Crippen molar-refractivity contribution in [3.63, 3.8) is 0 Å². The predicted octanol–water partition coefficient (Wildman–Crippen LogP) is 2.89. The molecule has 2 aromatic rings. The Labute approximate surface area is 89.3 Å². The number of fused-ring (bicyclic) bond motifs is 1. The van der Waals surface area contributed by atoms with Gasteiger partial charge in [-0.15, -0.1) is 0 Å². The van der Waals surface area contributed by atoms with Gasteiger partial charge in [0.15, 0.2) is 0 Å². The van der Waals surface area contributed by atoms with E-state index < -0.39 is 0 Å². The summed E-state index contributed by atoms with van der Waals surface area (Å²) in [5.74, 6) is 0.712. The second-order valence-corrected chi connectivity index (χ2v) is 4.09. The Hall–Kier alpha value is -1.51. The van der Waals surface area contributed by atoms with Gasteiger partial charge < -0.3 is 5.11 Å². The molecule has 3 heteroatoms. The summed E-state index contributed by atoms with van der Waals surface area (Å²) in [6, 6.07) is 3.60. The molecule has 0 saturated heterocycles. The zero-order valence-electron chi connectivity index (χ0n) is 9.36. The van der Waals surface area contributed by atoms with Crippen LogP contribution in [-0.4, -0.2) is 14.9 Å². The van der Waals surface area contributed by atoms with E-state index in [9.17, 15) is 5.11 Å². The number of rotatable bonds is 2. The smallest absolute Gasteiger partial charge is 0.116 e. The highest BCUT2D eigenvalue weighted by atomic mass is 16.3. The lowest BCUT2D eigenvalue weighted by Crippen LogP contribution is -1.99. The van der Waals surface area contributed by atoms with Crippen LogP contribution in [0.1, 0.15) is 32.3 Å². The van der Waals surface area contributed by atoms with Crippen LogP contribution in [0, 0.1) is 0 Å². The van der Waals surface area contributed by atoms with E-state index in [4.69, 9.17) is 0 Å². The number of nitrogens with zero attached hydrogens (tertiary/aromatic N) is 2. The molecule has 0 spiro atoms. The van der Waals surface area contributed by atoms with E-state index in [1.165, 1.54) is 0 Å². The van der Waals surface area contributed by atoms with Gasteiger partial charge >= 0.3 is 0 Å². The van der Waals surface area contributed by atoms with Gasteiger partial charge in [0.05, 0.1) is 11.7 Å². The van der Waals surface area contributed by atoms with Gasteiger partial charge in [-0.25, -0.2) is 0 Å². The van der Waals surface area contributed by atoms with Gasteiger partial charge in [0.25, 0.3) is 0 Å². The van der Waals surface area contributed by atoms with Gasteiger partial charge in [0.2, 0.25) is 0 Å². The first-order valence-electron chi connectivity index (χ1n) is 5.32. The Balaban J connectivity index is 2.79. The molecule has 0 aliphatic rings. The second kappa shape index (κ2) is 3.57. The summed E-state index contributed by atoms with van der Waals surface area (Å²) in [5, 5.41) is 14.9. The molecule has 0 saturated carbocycles. The van der Waals surface area contributed by atoms with Crippen LogP contribution in [0.5, 0.6) is 5.75 Å². The third-order valence-electron chi connectivity index (χ3n) is 2.67. The molecule has 0 amide bonds. The Morgan fingerprint density at radius 2 is 2.13 bits per heavy atom. The van der Waals surface area contributed by atoms with Crippen molar-refractivity contribution in [3.8, 4) is 5.75 Å². The lowest BCUT2D eigenvalue weighted by Gasteiger charge is -2.10. The van der Waals surface area contributed by atoms with Crippen LogP contribution in [0.15, 0.2) is 18.3 Å². The normalized spacial score (nSPS) is 11.5. The topological polar surface area (TPSA) is 38.0 Å². The standard InChI is InChI=1S/C12H16N2O/c1-4-14-12-9(7-13-14)5-10(15)6-11(12)8(2)3/h5-8,15H,4H2,1-3H3. The van der Waals surface area contributed by atoms with Gasteiger partial charge in [0, 0.05) is 11.9 Å². The average molecular weight is 204 g/mol. The van der Waals surface area contributed by atoms with Crippen LogP contribution in [0.3, 0.4) is 0 Å². The Morgan fingerprint density at radius 3 is 2.73 bits per heavy atom. The Kier molecular flexibility index (Phi) is 2.39. The molecule has 0 atom stereocenters. The number of aromatic nitrogens is 2. The fraction of sp³-hybridized carbons (Fsp3) is 0.417. The largest absolute Gasteiger partial charge is 0.508 e. The molecule has 0 fully saturated rings. The molecule has 0 aliphatic heterocycles. The molecule has 0 unspecified atom stereocenters. The molecule has 1 N–H and O–H groups in total. The number of phenolic OH excluding ortho intramolecular Hbond substituents is 1. The van der Waals surface area contributed by atoms with Crippen molar-refractivity contribution in [3.05, 3.63) is 23.9 Å². The zero-order valence-corrected chi connectivity index (χ0v) is 9.36. The first-order chi connectivity index (χ1) is 7.13. The van der Waals surface area contributed by atoms with Crippen molar-refractivity contribution in [1.29, 1.82) is 0 Å². The van der Waals surface area contributed by atoms with Crippen LogP contribution in [0.25, 0.3) is 10.9 Å². The number of benzene rings is 1. The average Bonchev–Trinajstić information content (AvgIpc) is 2.58. The van der Waals surface area contributed by atoms with Crippen molar-refractivity contribution in [1.82, 2.24) is 9.78 Å². The molecule has 80 valence electrons. The Bertz CT molecular complexity index is 486. The molecular weight excluding hydrogens is 188 g/mol. The summed E-state index contributed by atoms with van der Waals surface area (Å²) in [6.45, 7) is 7.18. The summed E-state index contributed by atoms with van der Waals surface area (Å²) < 4.78 is 1.98. The fourth-order valence-corrected chi connectivity index (χ4v) is 1.93. The van der Waals surface area contributed by atoms with Crippen molar-refractivity contribution < 1.29 is 5.11 Å². The molecule has 0 aliphatic carbocycles. The Morgan fingerprint density at radius 1 is 1.40 bits per heavy atom. The number of aryl methyl sites for hydroxylation is 1. The summed E-state index contributed by atoms with van der Waals surface area (Å²) in [7, 11) is 0. The molecule has 3 nitrogen and oxygen atoms in total. The summed E-state index contributed by atoms with van der Waals surface area (Å²) in [4.78, 5) is 0. The summed E-state index contributed by atoms with van der Waals surface area (Å²) >= 11 is 0. The molecule has 1 heterocycles. The monoisotopic (exact) mass is 204 g/mol. The fourth-order valence-electron chi connectivity index (χ4n) is 1.93. The van der Waals surface area contributed by atoms with E-state index in [2.05, 4.69) is 25.9 Å². The second-order valence-electron chi connectivity index (χ2n) is 4.09. The third-order valence-corrected chi connectivity index (χ3v) is 2.67. The maximum Gasteiger partial charge on any atom is 0.116 e. The number of aromatic hydroxyl groups is 1. The van der Waals surface area contributed by atoms with Crippen molar-refractivity contribution in [2.45, 2.75) is 33.2 Å². The van der Waals surface area contributed by atoms with Gasteiger partial charge in [-0.05, 0) is 30.5 Å². The van der Waals surface area contributed by atoms with Gasteiger partial charge in [-0.3, -0.25) is 4.68 Å². The first kappa shape index (κ1) is 10.0. The quantitative estimate of drug-likeness (QED) is 0.816. The molecule has 2 rings (SSSR count). The molecule has 1 aromatic carbocycles. The maximum atomic E-state index is 9.60. The van der Waals surface area contributed by atoms with E-state index >= 15 is 0 Å². The van der Waals surface area contributed by atoms with Crippen LogP contribution in [-0.2, 0) is 6.54 Å². The highest BCUT2D eigenvalue weighted by Gasteiger charge is 2.11. The minimum Gasteiger partial charge on any atom is -0.508 e. The van der Waals surface area contributed by atoms with Crippen molar-refractivity contribution in [2.75, 3.05) is 0 Å². The van der Waals surface area contributed by atoms with Crippen LogP contribution >= 0.6 is 0 Å². The SMILES string of the molecule is CCn1ncc2cc(O)cc(C(C)C)c21. The van der Waals surface area contributed by atoms with Gasteiger partial charge in [-0.1, -0.05) is 13.8 Å². The summed E-state index contributed by atoms with van der Waals surface area (Å²) in [6.07, 6.45) is 1.81. The number of hydrogen-bond donors (Lipinski definition) is 1. The highest BCUT2D eigenvalue weighted by molar-refractivity contribution is 5.84. The lowest BCUT2D eigenvalue weighted by atomic mass is 10.00. The molecule has 0 radical (unpaired) electrons. The molecule has 1 aromatic heterocycles. The minimum absolute atomic E-state index is 0.321. The van der Waals surface area contributed by atoms with E-state index in [1.807, 2.05) is 16.9 Å². The zero-order chi connectivity index (χ0) is 11.0. The maximum absolute atomic E-state index is 9.60. The minimum atomic E-state index is 0.321. The van der Waals surface area contributed by atoms with Gasteiger partial charge in [-0.2, -0.15) is 5.10 Å². The summed E-state index contributed by atoms with van der Waals surface area (Å²) in [5.41, 5.74) is 2.30. The van der Waals surface area contributed by atoms with E-state index in [0.717, 1.165) is 23.0 Å². The van der Waals surface area contributed by atoms with Crippen LogP contribution in [0.2, 0.25) is 0 Å². The number of phenols is 1. The lowest BCUT2D eigenvalue weighted by molar-refractivity contribution is 0.475. The third kappa shape index (κ3) is 1.58. The van der Waals surface area contributed by atoms with Crippen LogP contribution in [0.4, 0.5) is 0 Å². The van der Waals surface area contributed by atoms with Gasteiger partial charge in [0.1, 0.15) is 5.75 Å². The van der Waals surface area contributed by atoms with E-state index in [1.54, 1.807) is 6.07 Å². The number of hydrogen-bond acceptors (Lipinski definition) is 2.